The number of halogens is 1. The van der Waals surface area contributed by atoms with E-state index in [-0.39, 0.29) is 23.9 Å². The number of ether oxygens (including phenoxy) is 1. The summed E-state index contributed by atoms with van der Waals surface area (Å²) in [6.45, 7) is 2.24. The van der Waals surface area contributed by atoms with E-state index in [2.05, 4.69) is 5.32 Å². The van der Waals surface area contributed by atoms with E-state index in [9.17, 15) is 13.2 Å². The molecule has 1 N–H and O–H groups in total. The van der Waals surface area contributed by atoms with E-state index in [0.29, 0.717) is 42.5 Å². The summed E-state index contributed by atoms with van der Waals surface area (Å²) in [5, 5.41) is 3.81. The molecule has 1 aliphatic heterocycles. The van der Waals surface area contributed by atoms with Crippen molar-refractivity contribution in [3.63, 3.8) is 0 Å². The summed E-state index contributed by atoms with van der Waals surface area (Å²) >= 11 is 6.10. The van der Waals surface area contributed by atoms with E-state index < -0.39 is 10.0 Å². The molecule has 7 nitrogen and oxygen atoms in total. The van der Waals surface area contributed by atoms with Crippen molar-refractivity contribution in [2.24, 2.45) is 0 Å². The van der Waals surface area contributed by atoms with Crippen molar-refractivity contribution < 1.29 is 17.9 Å². The predicted octanol–water partition coefficient (Wildman–Crippen LogP) is 3.64. The molecule has 3 aromatic carbocycles. The number of sulfonamides is 1. The van der Waals surface area contributed by atoms with Crippen molar-refractivity contribution >= 4 is 27.5 Å². The number of para-hydroxylation sites is 1. The van der Waals surface area contributed by atoms with Crippen LogP contribution in [0.3, 0.4) is 0 Å². The summed E-state index contributed by atoms with van der Waals surface area (Å²) in [7, 11) is -2.44. The first kappa shape index (κ1) is 25.2. The fourth-order valence-corrected chi connectivity index (χ4v) is 5.61. The first-order valence-corrected chi connectivity index (χ1v) is 13.2. The van der Waals surface area contributed by atoms with Crippen molar-refractivity contribution in [3.05, 3.63) is 83.4 Å². The summed E-state index contributed by atoms with van der Waals surface area (Å²) in [5.74, 6) is 0.346. The quantitative estimate of drug-likeness (QED) is 0.497. The lowest BCUT2D eigenvalue weighted by atomic mass is 10.1. The number of hydrogen-bond donors (Lipinski definition) is 1. The molecular formula is C26H28ClN3O4S. The van der Waals surface area contributed by atoms with E-state index >= 15 is 0 Å². The number of carbonyl (C=O) groups is 1. The van der Waals surface area contributed by atoms with Gasteiger partial charge in [-0.25, -0.2) is 8.42 Å². The maximum Gasteiger partial charge on any atom is 0.243 e. The van der Waals surface area contributed by atoms with Crippen LogP contribution in [0.1, 0.15) is 5.56 Å². The van der Waals surface area contributed by atoms with Gasteiger partial charge in [0.1, 0.15) is 5.75 Å². The number of nitrogens with zero attached hydrogens (tertiary/aromatic N) is 2. The monoisotopic (exact) mass is 513 g/mol. The summed E-state index contributed by atoms with van der Waals surface area (Å²) in [5.41, 5.74) is 2.42. The Morgan fingerprint density at radius 2 is 1.71 bits per heavy atom. The minimum atomic E-state index is -3.98. The fourth-order valence-electron chi connectivity index (χ4n) is 4.05. The summed E-state index contributed by atoms with van der Waals surface area (Å²) < 4.78 is 34.1. The van der Waals surface area contributed by atoms with Crippen molar-refractivity contribution in [1.82, 2.24) is 14.5 Å². The standard InChI is InChI=1S/C26H28ClN3O4S/c1-34-25-8-3-2-5-22(25)18-30(19-26(31)29-15-13-28-14-16-29)35(32,33)24-11-9-20(10-12-24)21-6-4-7-23(27)17-21/h2-12,17,28H,13-16,18-19H2,1H3. The number of nitrogens with one attached hydrogen (secondary N) is 1. The number of hydrogen-bond acceptors (Lipinski definition) is 5. The zero-order valence-electron chi connectivity index (χ0n) is 19.5. The van der Waals surface area contributed by atoms with Crippen LogP contribution in [0.4, 0.5) is 0 Å². The van der Waals surface area contributed by atoms with Crippen LogP contribution in [0.15, 0.2) is 77.7 Å². The lowest BCUT2D eigenvalue weighted by Gasteiger charge is -2.30. The highest BCUT2D eigenvalue weighted by Gasteiger charge is 2.30. The number of amides is 1. The first-order valence-electron chi connectivity index (χ1n) is 11.3. The molecule has 0 atom stereocenters. The second kappa shape index (κ2) is 11.2. The highest BCUT2D eigenvalue weighted by molar-refractivity contribution is 7.89. The Bertz CT molecular complexity index is 1280. The molecule has 1 fully saturated rings. The van der Waals surface area contributed by atoms with Gasteiger partial charge in [0, 0.05) is 43.3 Å². The smallest absolute Gasteiger partial charge is 0.243 e. The largest absolute Gasteiger partial charge is 0.496 e. The van der Waals surface area contributed by atoms with Crippen molar-refractivity contribution in [3.8, 4) is 16.9 Å². The fraction of sp³-hybridized carbons (Fsp3) is 0.269. The zero-order valence-corrected chi connectivity index (χ0v) is 21.1. The van der Waals surface area contributed by atoms with E-state index in [1.54, 1.807) is 47.4 Å². The number of methoxy groups -OCH3 is 1. The normalized spacial score (nSPS) is 14.2. The summed E-state index contributed by atoms with van der Waals surface area (Å²) in [4.78, 5) is 14.9. The molecule has 9 heteroatoms. The van der Waals surface area contributed by atoms with Gasteiger partial charge in [0.2, 0.25) is 15.9 Å². The van der Waals surface area contributed by atoms with Crippen LogP contribution < -0.4 is 10.1 Å². The Labute approximate surface area is 211 Å². The van der Waals surface area contributed by atoms with E-state index in [1.807, 2.05) is 30.3 Å². The molecule has 1 aliphatic rings. The minimum Gasteiger partial charge on any atom is -0.496 e. The zero-order chi connectivity index (χ0) is 24.8. The lowest BCUT2D eigenvalue weighted by Crippen LogP contribution is -2.50. The molecule has 0 unspecified atom stereocenters. The summed E-state index contributed by atoms with van der Waals surface area (Å²) in [6, 6.07) is 21.2. The number of benzene rings is 3. The van der Waals surface area contributed by atoms with Crippen LogP contribution in [0.5, 0.6) is 5.75 Å². The van der Waals surface area contributed by atoms with Gasteiger partial charge < -0.3 is 15.0 Å². The van der Waals surface area contributed by atoms with Gasteiger partial charge in [-0.15, -0.1) is 0 Å². The average Bonchev–Trinajstić information content (AvgIpc) is 2.89. The van der Waals surface area contributed by atoms with Crippen LogP contribution in [-0.4, -0.2) is 63.4 Å². The van der Waals surface area contributed by atoms with E-state index in [0.717, 1.165) is 11.1 Å². The Morgan fingerprint density at radius 3 is 2.40 bits per heavy atom. The van der Waals surface area contributed by atoms with Gasteiger partial charge in [-0.05, 0) is 41.5 Å². The maximum absolute atomic E-state index is 13.7. The van der Waals surface area contributed by atoms with Crippen LogP contribution >= 0.6 is 11.6 Å². The summed E-state index contributed by atoms with van der Waals surface area (Å²) in [6.07, 6.45) is 0. The molecule has 0 saturated carbocycles. The molecule has 0 spiro atoms. The Kier molecular flexibility index (Phi) is 8.07. The van der Waals surface area contributed by atoms with Crippen LogP contribution in [0, 0.1) is 0 Å². The maximum atomic E-state index is 13.7. The van der Waals surface area contributed by atoms with Gasteiger partial charge in [0.05, 0.1) is 18.6 Å². The molecule has 1 amide bonds. The molecule has 4 rings (SSSR count). The second-order valence-corrected chi connectivity index (χ2v) is 10.6. The van der Waals surface area contributed by atoms with Crippen LogP contribution in [0.2, 0.25) is 5.02 Å². The molecule has 0 bridgehead atoms. The van der Waals surface area contributed by atoms with E-state index in [4.69, 9.17) is 16.3 Å². The molecule has 0 aliphatic carbocycles. The third-order valence-corrected chi connectivity index (χ3v) is 8.01. The number of carbonyl (C=O) groups excluding carboxylic acids is 1. The van der Waals surface area contributed by atoms with Gasteiger partial charge >= 0.3 is 0 Å². The molecular weight excluding hydrogens is 486 g/mol. The third kappa shape index (κ3) is 6.02. The molecule has 3 aromatic rings. The van der Waals surface area contributed by atoms with Gasteiger partial charge in [0.15, 0.2) is 0 Å². The molecule has 1 saturated heterocycles. The SMILES string of the molecule is COc1ccccc1CN(CC(=O)N1CCNCC1)S(=O)(=O)c1ccc(-c2cccc(Cl)c2)cc1. The Balaban J connectivity index is 1.64. The highest BCUT2D eigenvalue weighted by Crippen LogP contribution is 2.27. The second-order valence-electron chi connectivity index (χ2n) is 8.25. The van der Waals surface area contributed by atoms with Crippen molar-refractivity contribution in [2.45, 2.75) is 11.4 Å². The third-order valence-electron chi connectivity index (χ3n) is 5.97. The number of piperazine rings is 1. The first-order chi connectivity index (χ1) is 16.9. The van der Waals surface area contributed by atoms with Crippen molar-refractivity contribution in [1.29, 1.82) is 0 Å². The minimum absolute atomic E-state index is 0.0141. The molecule has 0 aromatic heterocycles. The Hall–Kier alpha value is -2.91. The Morgan fingerprint density at radius 1 is 1.00 bits per heavy atom. The highest BCUT2D eigenvalue weighted by atomic mass is 35.5. The van der Waals surface area contributed by atoms with Gasteiger partial charge in [0.25, 0.3) is 0 Å². The average molecular weight is 514 g/mol. The van der Waals surface area contributed by atoms with Gasteiger partial charge in [-0.3, -0.25) is 4.79 Å². The topological polar surface area (TPSA) is 79.0 Å². The number of rotatable bonds is 8. The molecule has 35 heavy (non-hydrogen) atoms. The molecule has 0 radical (unpaired) electrons. The van der Waals surface area contributed by atoms with E-state index in [1.165, 1.54) is 11.4 Å². The van der Waals surface area contributed by atoms with Gasteiger partial charge in [-0.1, -0.05) is 54.1 Å². The lowest BCUT2D eigenvalue weighted by molar-refractivity contribution is -0.132. The predicted molar refractivity (Wildman–Crippen MR) is 137 cm³/mol. The van der Waals surface area contributed by atoms with Gasteiger partial charge in [-0.2, -0.15) is 4.31 Å². The molecule has 184 valence electrons. The van der Waals surface area contributed by atoms with Crippen LogP contribution in [-0.2, 0) is 21.4 Å². The van der Waals surface area contributed by atoms with Crippen LogP contribution in [0.25, 0.3) is 11.1 Å². The molecule has 1 heterocycles. The van der Waals surface area contributed by atoms with Crippen molar-refractivity contribution in [2.75, 3.05) is 39.8 Å².